The third-order valence-electron chi connectivity index (χ3n) is 4.13. The van der Waals surface area contributed by atoms with E-state index in [2.05, 4.69) is 4.57 Å². The lowest BCUT2D eigenvalue weighted by atomic mass is 9.93. The third-order valence-corrected chi connectivity index (χ3v) is 4.13. The minimum absolute atomic E-state index is 0.0802. The number of hydrogen-bond acceptors (Lipinski definition) is 2. The summed E-state index contributed by atoms with van der Waals surface area (Å²) in [5, 5.41) is 0. The van der Waals surface area contributed by atoms with Gasteiger partial charge in [-0.25, -0.2) is 0 Å². The minimum Gasteiger partial charge on any atom is -0.465 e. The Morgan fingerprint density at radius 1 is 1.25 bits per heavy atom. The van der Waals surface area contributed by atoms with E-state index in [4.69, 9.17) is 4.74 Å². The number of carbonyl (C=O) groups excluding carboxylic acids is 1. The van der Waals surface area contributed by atoms with Crippen molar-refractivity contribution in [3.8, 4) is 0 Å². The molecule has 1 aliphatic rings. The summed E-state index contributed by atoms with van der Waals surface area (Å²) in [5.41, 5.74) is 0.636. The van der Waals surface area contributed by atoms with Crippen LogP contribution in [0.5, 0.6) is 0 Å². The van der Waals surface area contributed by atoms with E-state index in [0.717, 1.165) is 18.5 Å². The zero-order chi connectivity index (χ0) is 14.0. The first-order valence-electron chi connectivity index (χ1n) is 7.11. The summed E-state index contributed by atoms with van der Waals surface area (Å²) in [6, 6.07) is 14.0. The van der Waals surface area contributed by atoms with Gasteiger partial charge in [0.25, 0.3) is 0 Å². The Hall–Kier alpha value is -2.03. The fraction of sp³-hybridized carbons (Fsp3) is 0.353. The number of ether oxygens (including phenoxy) is 1. The molecule has 0 radical (unpaired) electrons. The standard InChI is InChI=1S/C17H19NO2/c1-2-20-16(19)17(14-8-4-3-5-9-14)12-15(17)13-18-10-6-7-11-18/h3-11,15H,2,12-13H2,1H3/t15-,17+/m0/s1. The number of nitrogens with zero attached hydrogens (tertiary/aromatic N) is 1. The van der Waals surface area contributed by atoms with E-state index >= 15 is 0 Å². The molecule has 3 rings (SSSR count). The Kier molecular flexibility index (Phi) is 3.35. The zero-order valence-corrected chi connectivity index (χ0v) is 11.7. The molecule has 1 aliphatic carbocycles. The summed E-state index contributed by atoms with van der Waals surface area (Å²) in [6.07, 6.45) is 4.95. The largest absolute Gasteiger partial charge is 0.465 e. The highest BCUT2D eigenvalue weighted by atomic mass is 16.5. The molecule has 1 aromatic carbocycles. The van der Waals surface area contributed by atoms with Crippen molar-refractivity contribution in [2.75, 3.05) is 6.61 Å². The van der Waals surface area contributed by atoms with E-state index < -0.39 is 5.41 Å². The molecule has 0 unspecified atom stereocenters. The molecule has 3 nitrogen and oxygen atoms in total. The van der Waals surface area contributed by atoms with Gasteiger partial charge in [0.2, 0.25) is 0 Å². The number of aromatic nitrogens is 1. The Balaban J connectivity index is 1.86. The maximum atomic E-state index is 12.4. The first-order valence-corrected chi connectivity index (χ1v) is 7.11. The fourth-order valence-electron chi connectivity index (χ4n) is 3.01. The summed E-state index contributed by atoms with van der Waals surface area (Å²) in [5.74, 6) is 0.236. The van der Waals surface area contributed by atoms with Gasteiger partial charge < -0.3 is 9.30 Å². The van der Waals surface area contributed by atoms with Gasteiger partial charge in [-0.3, -0.25) is 4.79 Å². The molecule has 0 saturated heterocycles. The van der Waals surface area contributed by atoms with Gasteiger partial charge in [0.1, 0.15) is 0 Å². The van der Waals surface area contributed by atoms with E-state index in [1.165, 1.54) is 0 Å². The average Bonchev–Trinajstić information content (AvgIpc) is 2.95. The molecule has 2 aromatic rings. The molecule has 0 bridgehead atoms. The van der Waals surface area contributed by atoms with Crippen molar-refractivity contribution in [3.63, 3.8) is 0 Å². The van der Waals surface area contributed by atoms with Gasteiger partial charge in [-0.05, 0) is 37.0 Å². The Morgan fingerprint density at radius 2 is 1.95 bits per heavy atom. The lowest BCUT2D eigenvalue weighted by Crippen LogP contribution is -2.26. The summed E-state index contributed by atoms with van der Waals surface area (Å²) >= 11 is 0. The third kappa shape index (κ3) is 2.13. The van der Waals surface area contributed by atoms with Gasteiger partial charge in [0.05, 0.1) is 12.0 Å². The van der Waals surface area contributed by atoms with E-state index in [9.17, 15) is 4.79 Å². The lowest BCUT2D eigenvalue weighted by Gasteiger charge is -2.17. The van der Waals surface area contributed by atoms with Crippen LogP contribution < -0.4 is 0 Å². The van der Waals surface area contributed by atoms with Crippen LogP contribution in [0.2, 0.25) is 0 Å². The van der Waals surface area contributed by atoms with Crippen molar-refractivity contribution in [2.24, 2.45) is 5.92 Å². The summed E-state index contributed by atoms with van der Waals surface area (Å²) < 4.78 is 7.46. The first-order chi connectivity index (χ1) is 9.77. The van der Waals surface area contributed by atoms with Crippen LogP contribution in [-0.4, -0.2) is 17.1 Å². The molecule has 0 aliphatic heterocycles. The van der Waals surface area contributed by atoms with Crippen LogP contribution in [0.25, 0.3) is 0 Å². The van der Waals surface area contributed by atoms with Crippen LogP contribution in [-0.2, 0) is 21.5 Å². The molecule has 104 valence electrons. The fourth-order valence-corrected chi connectivity index (χ4v) is 3.01. The van der Waals surface area contributed by atoms with Crippen molar-refractivity contribution in [1.82, 2.24) is 4.57 Å². The minimum atomic E-state index is -0.443. The van der Waals surface area contributed by atoms with Crippen molar-refractivity contribution in [1.29, 1.82) is 0 Å². The average molecular weight is 269 g/mol. The van der Waals surface area contributed by atoms with E-state index in [1.807, 2.05) is 61.8 Å². The van der Waals surface area contributed by atoms with Gasteiger partial charge in [0.15, 0.2) is 0 Å². The smallest absolute Gasteiger partial charge is 0.316 e. The van der Waals surface area contributed by atoms with E-state index in [1.54, 1.807) is 0 Å². The van der Waals surface area contributed by atoms with Gasteiger partial charge in [-0.2, -0.15) is 0 Å². The van der Waals surface area contributed by atoms with Crippen LogP contribution >= 0.6 is 0 Å². The van der Waals surface area contributed by atoms with Gasteiger partial charge in [-0.15, -0.1) is 0 Å². The topological polar surface area (TPSA) is 31.2 Å². The quantitative estimate of drug-likeness (QED) is 0.781. The number of rotatable bonds is 5. The van der Waals surface area contributed by atoms with Crippen molar-refractivity contribution in [2.45, 2.75) is 25.3 Å². The number of hydrogen-bond donors (Lipinski definition) is 0. The van der Waals surface area contributed by atoms with Gasteiger partial charge in [0, 0.05) is 18.9 Å². The highest BCUT2D eigenvalue weighted by Crippen LogP contribution is 2.56. The molecular weight excluding hydrogens is 250 g/mol. The predicted octanol–water partition coefficient (Wildman–Crippen LogP) is 3.01. The van der Waals surface area contributed by atoms with Crippen LogP contribution in [0.4, 0.5) is 0 Å². The predicted molar refractivity (Wildman–Crippen MR) is 77.3 cm³/mol. The maximum absolute atomic E-state index is 12.4. The second-order valence-corrected chi connectivity index (χ2v) is 5.34. The van der Waals surface area contributed by atoms with Crippen molar-refractivity contribution in [3.05, 3.63) is 60.4 Å². The highest BCUT2D eigenvalue weighted by Gasteiger charge is 2.62. The molecular formula is C17H19NO2. The molecule has 1 fully saturated rings. The van der Waals surface area contributed by atoms with Crippen LogP contribution in [0.15, 0.2) is 54.9 Å². The van der Waals surface area contributed by atoms with E-state index in [-0.39, 0.29) is 5.97 Å². The van der Waals surface area contributed by atoms with Crippen LogP contribution in [0.3, 0.4) is 0 Å². The Bertz CT molecular complexity index is 576. The van der Waals surface area contributed by atoms with Gasteiger partial charge >= 0.3 is 5.97 Å². The molecule has 0 N–H and O–H groups in total. The van der Waals surface area contributed by atoms with Crippen LogP contribution in [0.1, 0.15) is 18.9 Å². The van der Waals surface area contributed by atoms with Crippen LogP contribution in [0, 0.1) is 5.92 Å². The van der Waals surface area contributed by atoms with Crippen molar-refractivity contribution < 1.29 is 9.53 Å². The number of esters is 1. The molecule has 1 heterocycles. The summed E-state index contributed by atoms with van der Waals surface area (Å²) in [6.45, 7) is 3.16. The molecule has 1 saturated carbocycles. The Labute approximate surface area is 119 Å². The molecule has 3 heteroatoms. The number of carbonyl (C=O) groups is 1. The first kappa shape index (κ1) is 13.0. The monoisotopic (exact) mass is 269 g/mol. The second-order valence-electron chi connectivity index (χ2n) is 5.34. The summed E-state index contributed by atoms with van der Waals surface area (Å²) in [7, 11) is 0. The molecule has 2 atom stereocenters. The SMILES string of the molecule is CCOC(=O)[C@@]1(c2ccccc2)C[C@H]1Cn1cccc1. The molecule has 20 heavy (non-hydrogen) atoms. The number of benzene rings is 1. The maximum Gasteiger partial charge on any atom is 0.316 e. The zero-order valence-electron chi connectivity index (χ0n) is 11.7. The van der Waals surface area contributed by atoms with Gasteiger partial charge in [-0.1, -0.05) is 30.3 Å². The molecule has 0 spiro atoms. The van der Waals surface area contributed by atoms with E-state index in [0.29, 0.717) is 12.5 Å². The normalized spacial score (nSPS) is 24.4. The van der Waals surface area contributed by atoms with Crippen molar-refractivity contribution >= 4 is 5.97 Å². The highest BCUT2D eigenvalue weighted by molar-refractivity contribution is 5.87. The molecule has 1 aromatic heterocycles. The summed E-state index contributed by atoms with van der Waals surface area (Å²) in [4.78, 5) is 12.4. The Morgan fingerprint density at radius 3 is 2.60 bits per heavy atom. The lowest BCUT2D eigenvalue weighted by molar-refractivity contribution is -0.146. The second kappa shape index (κ2) is 5.16. The molecule has 0 amide bonds.